The largest absolute Gasteiger partial charge is 0.455 e. The first-order chi connectivity index (χ1) is 11.0. The minimum Gasteiger partial charge on any atom is -0.455 e. The van der Waals surface area contributed by atoms with Gasteiger partial charge in [0.05, 0.1) is 16.3 Å². The van der Waals surface area contributed by atoms with Crippen LogP contribution in [0, 0.1) is 0 Å². The van der Waals surface area contributed by atoms with Crippen molar-refractivity contribution in [1.82, 2.24) is 10.9 Å². The lowest BCUT2D eigenvalue weighted by Crippen LogP contribution is -2.41. The molecule has 1 aromatic carbocycles. The lowest BCUT2D eigenvalue weighted by Gasteiger charge is -2.07. The van der Waals surface area contributed by atoms with Crippen LogP contribution < -0.4 is 10.9 Å². The number of rotatable bonds is 5. The van der Waals surface area contributed by atoms with E-state index in [0.717, 1.165) is 0 Å². The van der Waals surface area contributed by atoms with Crippen molar-refractivity contribution in [3.8, 4) is 0 Å². The first-order valence-corrected chi connectivity index (χ1v) is 7.73. The maximum atomic E-state index is 12.1. The lowest BCUT2D eigenvalue weighted by atomic mass is 10.2. The Kier molecular flexibility index (Phi) is 6.00. The zero-order valence-electron chi connectivity index (χ0n) is 11.5. The predicted octanol–water partition coefficient (Wildman–Crippen LogP) is 3.46. The van der Waals surface area contributed by atoms with Gasteiger partial charge in [0.25, 0.3) is 11.7 Å². The lowest BCUT2D eigenvalue weighted by molar-refractivity contribution is 0.0830. The molecular weight excluding hydrogens is 350 g/mol. The van der Waals surface area contributed by atoms with Crippen molar-refractivity contribution in [2.45, 2.75) is 11.5 Å². The maximum absolute atomic E-state index is 12.1. The van der Waals surface area contributed by atoms with Crippen LogP contribution in [-0.2, 0) is 5.75 Å². The van der Waals surface area contributed by atoms with Crippen molar-refractivity contribution >= 4 is 35.2 Å². The number of alkyl halides is 2. The summed E-state index contributed by atoms with van der Waals surface area (Å²) < 4.78 is 29.3. The Morgan fingerprint density at radius 3 is 2.52 bits per heavy atom. The molecule has 2 N–H and O–H groups in total. The number of furan rings is 1. The van der Waals surface area contributed by atoms with E-state index in [1.54, 1.807) is 12.1 Å². The molecule has 2 amide bonds. The van der Waals surface area contributed by atoms with Crippen molar-refractivity contribution in [2.24, 2.45) is 0 Å². The third-order valence-corrected chi connectivity index (χ3v) is 3.68. The molecule has 0 fully saturated rings. The number of carbonyl (C=O) groups is 2. The molecule has 5 nitrogen and oxygen atoms in total. The average Bonchev–Trinajstić information content (AvgIpc) is 3.00. The maximum Gasteiger partial charge on any atom is 0.305 e. The van der Waals surface area contributed by atoms with Gasteiger partial charge in [0.1, 0.15) is 5.76 Å². The third kappa shape index (κ3) is 4.97. The molecular formula is C14H11ClF2N2O3S. The molecule has 0 saturated carbocycles. The summed E-state index contributed by atoms with van der Waals surface area (Å²) in [5, 5.41) is 0.239. The van der Waals surface area contributed by atoms with E-state index in [9.17, 15) is 18.4 Å². The van der Waals surface area contributed by atoms with Crippen molar-refractivity contribution < 1.29 is 22.8 Å². The highest BCUT2D eigenvalue weighted by atomic mass is 35.5. The molecule has 0 atom stereocenters. The molecule has 0 aliphatic carbocycles. The van der Waals surface area contributed by atoms with E-state index in [1.165, 1.54) is 24.3 Å². The highest BCUT2D eigenvalue weighted by Crippen LogP contribution is 2.21. The predicted molar refractivity (Wildman–Crippen MR) is 82.4 cm³/mol. The standard InChI is InChI=1S/C14H11ClF2N2O3S/c15-10-4-2-1-3-9(10)12(20)18-19-13(21)11-6-5-8(22-11)7-23-14(16)17/h1-6,14H,7H2,(H,18,20)(H,19,21). The average molecular weight is 361 g/mol. The minimum atomic E-state index is -2.52. The van der Waals surface area contributed by atoms with Crippen LogP contribution in [0.25, 0.3) is 0 Å². The molecule has 2 aromatic rings. The van der Waals surface area contributed by atoms with Crippen LogP contribution in [0.1, 0.15) is 26.7 Å². The van der Waals surface area contributed by atoms with Crippen LogP contribution in [0.4, 0.5) is 8.78 Å². The Balaban J connectivity index is 1.90. The summed E-state index contributed by atoms with van der Waals surface area (Å²) in [6.45, 7) is 0. The minimum absolute atomic E-state index is 0.0586. The molecule has 23 heavy (non-hydrogen) atoms. The van der Waals surface area contributed by atoms with E-state index in [0.29, 0.717) is 11.8 Å². The van der Waals surface area contributed by atoms with E-state index in [4.69, 9.17) is 16.0 Å². The number of carbonyl (C=O) groups excluding carboxylic acids is 2. The van der Waals surface area contributed by atoms with Crippen molar-refractivity contribution in [1.29, 1.82) is 0 Å². The molecule has 0 bridgehead atoms. The van der Waals surface area contributed by atoms with Gasteiger partial charge in [0, 0.05) is 0 Å². The number of halogens is 3. The van der Waals surface area contributed by atoms with Gasteiger partial charge >= 0.3 is 5.91 Å². The van der Waals surface area contributed by atoms with Gasteiger partial charge in [-0.05, 0) is 24.3 Å². The van der Waals surface area contributed by atoms with Gasteiger partial charge in [-0.3, -0.25) is 20.4 Å². The van der Waals surface area contributed by atoms with Gasteiger partial charge in [-0.15, -0.1) is 0 Å². The van der Waals surface area contributed by atoms with Gasteiger partial charge in [-0.25, -0.2) is 0 Å². The first kappa shape index (κ1) is 17.3. The molecule has 0 aliphatic rings. The Morgan fingerprint density at radius 1 is 1.13 bits per heavy atom. The smallest absolute Gasteiger partial charge is 0.305 e. The SMILES string of the molecule is O=C(NNC(=O)c1ccccc1Cl)c1ccc(CSC(F)F)o1. The van der Waals surface area contributed by atoms with Crippen LogP contribution in [-0.4, -0.2) is 17.6 Å². The zero-order valence-corrected chi connectivity index (χ0v) is 13.1. The van der Waals surface area contributed by atoms with Gasteiger partial charge < -0.3 is 4.42 Å². The van der Waals surface area contributed by atoms with Crippen LogP contribution in [0.15, 0.2) is 40.8 Å². The first-order valence-electron chi connectivity index (χ1n) is 6.31. The van der Waals surface area contributed by atoms with E-state index in [1.807, 2.05) is 0 Å². The van der Waals surface area contributed by atoms with E-state index >= 15 is 0 Å². The van der Waals surface area contributed by atoms with Gasteiger partial charge in [-0.2, -0.15) is 8.78 Å². The highest BCUT2D eigenvalue weighted by molar-refractivity contribution is 7.98. The van der Waals surface area contributed by atoms with Crippen LogP contribution in [0.3, 0.4) is 0 Å². The monoisotopic (exact) mass is 360 g/mol. The Labute approximate surface area is 139 Å². The molecule has 1 heterocycles. The summed E-state index contributed by atoms with van der Waals surface area (Å²) in [5.74, 6) is -3.75. The van der Waals surface area contributed by atoms with Crippen LogP contribution >= 0.6 is 23.4 Å². The highest BCUT2D eigenvalue weighted by Gasteiger charge is 2.15. The van der Waals surface area contributed by atoms with Gasteiger partial charge in [0.2, 0.25) is 0 Å². The van der Waals surface area contributed by atoms with Crippen molar-refractivity contribution in [2.75, 3.05) is 0 Å². The summed E-state index contributed by atoms with van der Waals surface area (Å²) >= 11 is 6.24. The number of hydrazine groups is 1. The second-order valence-electron chi connectivity index (χ2n) is 4.23. The summed E-state index contributed by atoms with van der Waals surface area (Å²) in [6.07, 6.45) is 0. The number of thioether (sulfide) groups is 1. The van der Waals surface area contributed by atoms with Crippen molar-refractivity contribution in [3.05, 3.63) is 58.5 Å². The second-order valence-corrected chi connectivity index (χ2v) is 5.61. The van der Waals surface area contributed by atoms with Gasteiger partial charge in [-0.1, -0.05) is 35.5 Å². The summed E-state index contributed by atoms with van der Waals surface area (Å²) in [7, 11) is 0. The Bertz CT molecular complexity index is 709. The fourth-order valence-corrected chi connectivity index (χ4v) is 2.28. The molecule has 122 valence electrons. The van der Waals surface area contributed by atoms with Crippen molar-refractivity contribution in [3.63, 3.8) is 0 Å². The molecule has 0 saturated heterocycles. The molecule has 0 aliphatic heterocycles. The second kappa shape index (κ2) is 7.98. The number of benzene rings is 1. The van der Waals surface area contributed by atoms with E-state index < -0.39 is 17.6 Å². The van der Waals surface area contributed by atoms with Gasteiger partial charge in [0.15, 0.2) is 5.76 Å². The Morgan fingerprint density at radius 2 is 1.83 bits per heavy atom. The quantitative estimate of drug-likeness (QED) is 0.801. The fraction of sp³-hybridized carbons (Fsp3) is 0.143. The molecule has 2 rings (SSSR count). The van der Waals surface area contributed by atoms with Crippen LogP contribution in [0.2, 0.25) is 5.02 Å². The molecule has 0 spiro atoms. The summed E-state index contributed by atoms with van der Waals surface area (Å²) in [4.78, 5) is 23.7. The topological polar surface area (TPSA) is 71.3 Å². The molecule has 9 heteroatoms. The number of nitrogens with one attached hydrogen (secondary N) is 2. The molecule has 0 radical (unpaired) electrons. The van der Waals surface area contributed by atoms with Crippen LogP contribution in [0.5, 0.6) is 0 Å². The molecule has 1 aromatic heterocycles. The summed E-state index contributed by atoms with van der Waals surface area (Å²) in [6, 6.07) is 9.08. The Hall–Kier alpha value is -2.06. The number of amides is 2. The third-order valence-electron chi connectivity index (χ3n) is 2.65. The molecule has 0 unspecified atom stereocenters. The zero-order chi connectivity index (χ0) is 16.8. The number of hydrogen-bond acceptors (Lipinski definition) is 4. The fourth-order valence-electron chi connectivity index (χ4n) is 1.61. The normalized spacial score (nSPS) is 10.6. The van der Waals surface area contributed by atoms with E-state index in [-0.39, 0.29) is 27.9 Å². The number of hydrogen-bond donors (Lipinski definition) is 2. The van der Waals surface area contributed by atoms with E-state index in [2.05, 4.69) is 10.9 Å². The summed E-state index contributed by atoms with van der Waals surface area (Å²) in [5.41, 5.74) is 4.54.